The van der Waals surface area contributed by atoms with Crippen molar-refractivity contribution in [2.45, 2.75) is 12.2 Å². The Morgan fingerprint density at radius 2 is 0.929 bits per heavy atom. The molecule has 0 aliphatic heterocycles. The van der Waals surface area contributed by atoms with E-state index < -0.39 is 24.1 Å². The van der Waals surface area contributed by atoms with Gasteiger partial charge in [0.2, 0.25) is 0 Å². The summed E-state index contributed by atoms with van der Waals surface area (Å²) in [6.07, 6.45) is -4.53. The Balaban J connectivity index is -0.0000000675. The van der Waals surface area contributed by atoms with Crippen LogP contribution in [0.3, 0.4) is 0 Å². The van der Waals surface area contributed by atoms with Crippen molar-refractivity contribution in [3.63, 3.8) is 0 Å². The normalized spacial score (nSPS) is 11.3. The summed E-state index contributed by atoms with van der Waals surface area (Å²) in [6.45, 7) is 0. The van der Waals surface area contributed by atoms with Gasteiger partial charge in [-0.3, -0.25) is 0 Å². The number of carboxylic acid groups (broad SMARTS) is 2. The Bertz CT molecular complexity index is 141. The van der Waals surface area contributed by atoms with E-state index in [1.165, 1.54) is 0 Å². The summed E-state index contributed by atoms with van der Waals surface area (Å²) in [5.74, 6) is -3.54. The second-order valence-electron chi connectivity index (χ2n) is 1.57. The molecule has 0 spiro atoms. The third kappa shape index (κ3) is 9.32. The smallest absolute Gasteiger partial charge is 0.335 e. The van der Waals surface area contributed by atoms with Gasteiger partial charge < -0.3 is 36.9 Å². The van der Waals surface area contributed by atoms with E-state index in [0.29, 0.717) is 0 Å². The Hall–Kier alpha value is -0.766. The van der Waals surface area contributed by atoms with Crippen LogP contribution < -0.4 is 0 Å². The van der Waals surface area contributed by atoms with Gasteiger partial charge in [-0.15, -0.1) is 0 Å². The van der Waals surface area contributed by atoms with Crippen molar-refractivity contribution in [1.82, 2.24) is 0 Å². The Labute approximate surface area is 87.8 Å². The molecule has 92 valence electrons. The molecule has 0 aliphatic rings. The van der Waals surface area contributed by atoms with E-state index in [1.54, 1.807) is 0 Å². The molecule has 10 N–H and O–H groups in total. The monoisotopic (exact) mass is 262 g/mol. The number of aliphatic hydroxyl groups excluding tert-OH is 2. The first-order valence-electron chi connectivity index (χ1n) is 2.28. The topological polar surface area (TPSA) is 210 Å². The summed E-state index contributed by atoms with van der Waals surface area (Å²) in [6, 6.07) is 0. The summed E-state index contributed by atoms with van der Waals surface area (Å²) in [4.78, 5) is 19.5. The predicted molar refractivity (Wildman–Crippen MR) is 38.1 cm³/mol. The molecule has 0 radical (unpaired) electrons. The molecule has 0 amide bonds. The van der Waals surface area contributed by atoms with E-state index in [9.17, 15) is 9.59 Å². The molecule has 2 atom stereocenters. The van der Waals surface area contributed by atoms with Crippen LogP contribution in [0.1, 0.15) is 0 Å². The van der Waals surface area contributed by atoms with Gasteiger partial charge in [0.1, 0.15) is 0 Å². The molecule has 0 aromatic carbocycles. The van der Waals surface area contributed by atoms with Crippen LogP contribution in [0.5, 0.6) is 0 Å². The van der Waals surface area contributed by atoms with E-state index in [-0.39, 0.29) is 32.9 Å². The molecule has 9 nitrogen and oxygen atoms in total. The minimum Gasteiger partial charge on any atom is -0.479 e. The average molecular weight is 263 g/mol. The van der Waals surface area contributed by atoms with E-state index in [0.717, 1.165) is 0 Å². The third-order valence-corrected chi connectivity index (χ3v) is 0.805. The SMILES string of the molecule is O.O.O.O=C(O)C(O)C(O)C(=O)O.[Ni]. The van der Waals surface area contributed by atoms with E-state index in [1.807, 2.05) is 0 Å². The largest absolute Gasteiger partial charge is 0.479 e. The van der Waals surface area contributed by atoms with Crippen LogP contribution in [-0.2, 0) is 26.1 Å². The third-order valence-electron chi connectivity index (χ3n) is 0.805. The molecule has 0 aromatic heterocycles. The van der Waals surface area contributed by atoms with Crippen LogP contribution in [0.25, 0.3) is 0 Å². The Morgan fingerprint density at radius 1 is 0.786 bits per heavy atom. The molecule has 0 aliphatic carbocycles. The van der Waals surface area contributed by atoms with Gasteiger partial charge >= 0.3 is 11.9 Å². The summed E-state index contributed by atoms with van der Waals surface area (Å²) >= 11 is 0. The van der Waals surface area contributed by atoms with Crippen LogP contribution in [-0.4, -0.2) is 61.0 Å². The number of aliphatic hydroxyl groups is 2. The van der Waals surface area contributed by atoms with Crippen molar-refractivity contribution in [3.8, 4) is 0 Å². The van der Waals surface area contributed by atoms with Crippen LogP contribution >= 0.6 is 0 Å². The minimum absolute atomic E-state index is 0. The fraction of sp³-hybridized carbons (Fsp3) is 0.500. The number of carbonyl (C=O) groups is 2. The second-order valence-corrected chi connectivity index (χ2v) is 1.57. The van der Waals surface area contributed by atoms with Crippen molar-refractivity contribution < 1.29 is 62.9 Å². The van der Waals surface area contributed by atoms with Crippen LogP contribution in [0.4, 0.5) is 0 Å². The average Bonchev–Trinajstić information content (AvgIpc) is 1.84. The zero-order valence-corrected chi connectivity index (χ0v) is 7.56. The fourth-order valence-electron chi connectivity index (χ4n) is 0.270. The zero-order valence-electron chi connectivity index (χ0n) is 6.58. The molecule has 0 saturated heterocycles. The quantitative estimate of drug-likeness (QED) is 0.367. The summed E-state index contributed by atoms with van der Waals surface area (Å²) in [7, 11) is 0. The van der Waals surface area contributed by atoms with Crippen molar-refractivity contribution in [2.24, 2.45) is 0 Å². The maximum Gasteiger partial charge on any atom is 0.335 e. The molecule has 2 unspecified atom stereocenters. The van der Waals surface area contributed by atoms with Gasteiger partial charge in [-0.25, -0.2) is 9.59 Å². The van der Waals surface area contributed by atoms with Crippen LogP contribution in [0.2, 0.25) is 0 Å². The summed E-state index contributed by atoms with van der Waals surface area (Å²) in [5.41, 5.74) is 0. The van der Waals surface area contributed by atoms with Crippen molar-refractivity contribution in [3.05, 3.63) is 0 Å². The molecule has 10 heteroatoms. The first kappa shape index (κ1) is 29.2. The summed E-state index contributed by atoms with van der Waals surface area (Å²) in [5, 5.41) is 32.5. The van der Waals surface area contributed by atoms with Crippen molar-refractivity contribution in [1.29, 1.82) is 0 Å². The Kier molecular flexibility index (Phi) is 25.5. The maximum atomic E-state index is 9.77. The van der Waals surface area contributed by atoms with E-state index >= 15 is 0 Å². The number of hydrogen-bond donors (Lipinski definition) is 4. The van der Waals surface area contributed by atoms with Crippen molar-refractivity contribution >= 4 is 11.9 Å². The van der Waals surface area contributed by atoms with Gasteiger partial charge in [0.05, 0.1) is 0 Å². The van der Waals surface area contributed by atoms with Gasteiger partial charge in [-0.1, -0.05) is 0 Å². The predicted octanol–water partition coefficient (Wildman–Crippen LogP) is -4.60. The summed E-state index contributed by atoms with van der Waals surface area (Å²) < 4.78 is 0. The number of hydrogen-bond acceptors (Lipinski definition) is 4. The maximum absolute atomic E-state index is 9.77. The molecule has 0 fully saturated rings. The molecule has 14 heavy (non-hydrogen) atoms. The minimum atomic E-state index is -2.27. The fourth-order valence-corrected chi connectivity index (χ4v) is 0.270. The zero-order chi connectivity index (χ0) is 8.31. The van der Waals surface area contributed by atoms with Gasteiger partial charge in [0.25, 0.3) is 0 Å². The van der Waals surface area contributed by atoms with Gasteiger partial charge in [-0.2, -0.15) is 0 Å². The number of carboxylic acids is 2. The molecular formula is C4H12NiO9. The Morgan fingerprint density at radius 3 is 1.00 bits per heavy atom. The van der Waals surface area contributed by atoms with Gasteiger partial charge in [-0.05, 0) is 0 Å². The molecule has 0 bridgehead atoms. The molecule has 0 aromatic rings. The van der Waals surface area contributed by atoms with Gasteiger partial charge in [0.15, 0.2) is 12.2 Å². The van der Waals surface area contributed by atoms with E-state index in [4.69, 9.17) is 20.4 Å². The molecule has 0 rings (SSSR count). The van der Waals surface area contributed by atoms with Crippen LogP contribution in [0.15, 0.2) is 0 Å². The standard InChI is InChI=1S/C4H6O6.Ni.3H2O/c5-1(3(7)8)2(6)4(9)10;;;;/h1-2,5-6H,(H,7,8)(H,9,10);;3*1H2. The number of aliphatic carboxylic acids is 2. The first-order valence-corrected chi connectivity index (χ1v) is 2.28. The molecule has 0 saturated carbocycles. The van der Waals surface area contributed by atoms with Crippen molar-refractivity contribution in [2.75, 3.05) is 0 Å². The molecular weight excluding hydrogens is 251 g/mol. The first-order chi connectivity index (χ1) is 4.46. The van der Waals surface area contributed by atoms with E-state index in [2.05, 4.69) is 0 Å². The number of rotatable bonds is 3. The van der Waals surface area contributed by atoms with Crippen LogP contribution in [0, 0.1) is 0 Å². The van der Waals surface area contributed by atoms with Gasteiger partial charge in [0, 0.05) is 16.5 Å². The molecule has 0 heterocycles. The second kappa shape index (κ2) is 12.2.